The van der Waals surface area contributed by atoms with Crippen LogP contribution in [0.4, 0.5) is 8.78 Å². The number of hydrogen-bond donors (Lipinski definition) is 2. The molecule has 2 aromatic rings. The summed E-state index contributed by atoms with van der Waals surface area (Å²) < 4.78 is 54.5. The molecule has 0 aromatic heterocycles. The molecule has 0 spiro atoms. The van der Waals surface area contributed by atoms with Gasteiger partial charge in [-0.15, -0.1) is 0 Å². The fourth-order valence-electron chi connectivity index (χ4n) is 3.31. The van der Waals surface area contributed by atoms with Crippen molar-refractivity contribution in [3.8, 4) is 0 Å². The summed E-state index contributed by atoms with van der Waals surface area (Å²) in [5.74, 6) is -2.02. The highest BCUT2D eigenvalue weighted by Crippen LogP contribution is 2.27. The number of sulfonamides is 1. The van der Waals surface area contributed by atoms with Crippen molar-refractivity contribution in [2.45, 2.75) is 24.8 Å². The van der Waals surface area contributed by atoms with Gasteiger partial charge in [0.2, 0.25) is 10.0 Å². The zero-order valence-electron chi connectivity index (χ0n) is 14.3. The van der Waals surface area contributed by atoms with E-state index in [4.69, 9.17) is 0 Å². The number of piperidine rings is 1. The Hall–Kier alpha value is -1.83. The van der Waals surface area contributed by atoms with E-state index in [1.807, 2.05) is 30.3 Å². The minimum absolute atomic E-state index is 0.0159. The smallest absolute Gasteiger partial charge is 0.212 e. The second-order valence-corrected chi connectivity index (χ2v) is 8.43. The number of nitrogens with one attached hydrogen (secondary N) is 2. The van der Waals surface area contributed by atoms with Gasteiger partial charge in [-0.25, -0.2) is 21.9 Å². The Bertz CT molecular complexity index is 844. The molecule has 2 aromatic carbocycles. The first-order valence-corrected chi connectivity index (χ1v) is 10.3. The Morgan fingerprint density at radius 2 is 1.85 bits per heavy atom. The molecule has 1 aliphatic rings. The Balaban J connectivity index is 1.70. The molecule has 0 amide bonds. The average Bonchev–Trinajstić information content (AvgIpc) is 2.64. The van der Waals surface area contributed by atoms with Gasteiger partial charge in [0.25, 0.3) is 0 Å². The van der Waals surface area contributed by atoms with E-state index in [2.05, 4.69) is 10.0 Å². The van der Waals surface area contributed by atoms with E-state index in [1.54, 1.807) is 0 Å². The molecular formula is C19H22F2N2O2S. The quantitative estimate of drug-likeness (QED) is 0.810. The van der Waals surface area contributed by atoms with Crippen LogP contribution < -0.4 is 10.0 Å². The van der Waals surface area contributed by atoms with E-state index in [1.165, 1.54) is 6.07 Å². The van der Waals surface area contributed by atoms with Crippen LogP contribution in [0.3, 0.4) is 0 Å². The SMILES string of the molecule is O=S(=O)(CCc1ccccc1)NC1CNCCC1c1ccc(F)c(F)c1. The maximum absolute atomic E-state index is 13.6. The molecule has 7 heteroatoms. The van der Waals surface area contributed by atoms with Crippen molar-refractivity contribution in [1.29, 1.82) is 0 Å². The van der Waals surface area contributed by atoms with Crippen molar-refractivity contribution < 1.29 is 17.2 Å². The van der Waals surface area contributed by atoms with Gasteiger partial charge in [-0.3, -0.25) is 0 Å². The van der Waals surface area contributed by atoms with Crippen LogP contribution in [-0.4, -0.2) is 33.3 Å². The molecule has 3 rings (SSSR count). The molecule has 1 fully saturated rings. The van der Waals surface area contributed by atoms with Gasteiger partial charge in [0.05, 0.1) is 5.75 Å². The average molecular weight is 380 g/mol. The second-order valence-electron chi connectivity index (χ2n) is 6.55. The Morgan fingerprint density at radius 3 is 2.58 bits per heavy atom. The van der Waals surface area contributed by atoms with Gasteiger partial charge < -0.3 is 5.32 Å². The largest absolute Gasteiger partial charge is 0.315 e. The first kappa shape index (κ1) is 18.9. The number of rotatable bonds is 6. The van der Waals surface area contributed by atoms with Crippen LogP contribution in [0.1, 0.15) is 23.5 Å². The summed E-state index contributed by atoms with van der Waals surface area (Å²) in [5, 5.41) is 3.16. The van der Waals surface area contributed by atoms with E-state index >= 15 is 0 Å². The zero-order valence-corrected chi connectivity index (χ0v) is 15.1. The highest BCUT2D eigenvalue weighted by atomic mass is 32.2. The predicted octanol–water partition coefficient (Wildman–Crippen LogP) is 2.57. The van der Waals surface area contributed by atoms with Crippen molar-refractivity contribution in [1.82, 2.24) is 10.0 Å². The molecule has 2 unspecified atom stereocenters. The normalized spacial score (nSPS) is 20.8. The van der Waals surface area contributed by atoms with Gasteiger partial charge in [-0.05, 0) is 42.6 Å². The monoisotopic (exact) mass is 380 g/mol. The Morgan fingerprint density at radius 1 is 1.08 bits per heavy atom. The van der Waals surface area contributed by atoms with Gasteiger partial charge >= 0.3 is 0 Å². The molecule has 1 saturated heterocycles. The van der Waals surface area contributed by atoms with Crippen molar-refractivity contribution in [2.75, 3.05) is 18.8 Å². The van der Waals surface area contributed by atoms with Crippen LogP contribution in [0.15, 0.2) is 48.5 Å². The van der Waals surface area contributed by atoms with Crippen molar-refractivity contribution in [3.05, 3.63) is 71.3 Å². The van der Waals surface area contributed by atoms with Gasteiger partial charge in [0.1, 0.15) is 0 Å². The molecule has 1 heterocycles. The van der Waals surface area contributed by atoms with E-state index in [9.17, 15) is 17.2 Å². The predicted molar refractivity (Wildman–Crippen MR) is 97.4 cm³/mol. The van der Waals surface area contributed by atoms with Crippen LogP contribution >= 0.6 is 0 Å². The lowest BCUT2D eigenvalue weighted by molar-refractivity contribution is 0.376. The van der Waals surface area contributed by atoms with Crippen LogP contribution in [0, 0.1) is 11.6 Å². The van der Waals surface area contributed by atoms with Crippen LogP contribution in [0.2, 0.25) is 0 Å². The van der Waals surface area contributed by atoms with E-state index in [0.717, 1.165) is 17.7 Å². The third kappa shape index (κ3) is 4.87. The van der Waals surface area contributed by atoms with Crippen molar-refractivity contribution in [3.63, 3.8) is 0 Å². The van der Waals surface area contributed by atoms with Gasteiger partial charge in [-0.1, -0.05) is 36.4 Å². The molecule has 4 nitrogen and oxygen atoms in total. The van der Waals surface area contributed by atoms with E-state index < -0.39 is 27.7 Å². The molecule has 0 saturated carbocycles. The molecule has 26 heavy (non-hydrogen) atoms. The molecular weight excluding hydrogens is 358 g/mol. The van der Waals surface area contributed by atoms with Crippen LogP contribution in [0.25, 0.3) is 0 Å². The number of benzene rings is 2. The number of hydrogen-bond acceptors (Lipinski definition) is 3. The maximum atomic E-state index is 13.6. The lowest BCUT2D eigenvalue weighted by Gasteiger charge is -2.33. The Kier molecular flexibility index (Phi) is 6.01. The van der Waals surface area contributed by atoms with Gasteiger partial charge in [0, 0.05) is 18.5 Å². The number of halogens is 2. The summed E-state index contributed by atoms with van der Waals surface area (Å²) in [6.07, 6.45) is 1.07. The minimum Gasteiger partial charge on any atom is -0.315 e. The van der Waals surface area contributed by atoms with Gasteiger partial charge in [-0.2, -0.15) is 0 Å². The molecule has 1 aliphatic heterocycles. The Labute approximate surface area is 152 Å². The van der Waals surface area contributed by atoms with Gasteiger partial charge in [0.15, 0.2) is 11.6 Å². The lowest BCUT2D eigenvalue weighted by Crippen LogP contribution is -2.50. The summed E-state index contributed by atoms with van der Waals surface area (Å²) in [4.78, 5) is 0. The first-order valence-electron chi connectivity index (χ1n) is 8.64. The van der Waals surface area contributed by atoms with Crippen LogP contribution in [0.5, 0.6) is 0 Å². The fourth-order valence-corrected chi connectivity index (χ4v) is 4.64. The first-order chi connectivity index (χ1) is 12.4. The molecule has 2 atom stereocenters. The third-order valence-corrected chi connectivity index (χ3v) is 6.09. The topological polar surface area (TPSA) is 58.2 Å². The highest BCUT2D eigenvalue weighted by Gasteiger charge is 2.30. The summed E-state index contributed by atoms with van der Waals surface area (Å²) in [6.45, 7) is 1.15. The molecule has 0 aliphatic carbocycles. The summed E-state index contributed by atoms with van der Waals surface area (Å²) in [7, 11) is -3.50. The van der Waals surface area contributed by atoms with Crippen LogP contribution in [-0.2, 0) is 16.4 Å². The molecule has 2 N–H and O–H groups in total. The highest BCUT2D eigenvalue weighted by molar-refractivity contribution is 7.89. The minimum atomic E-state index is -3.50. The summed E-state index contributed by atoms with van der Waals surface area (Å²) in [5.41, 5.74) is 1.57. The van der Waals surface area contributed by atoms with Crippen molar-refractivity contribution >= 4 is 10.0 Å². The zero-order chi connectivity index (χ0) is 18.6. The van der Waals surface area contributed by atoms with Crippen molar-refractivity contribution in [2.24, 2.45) is 0 Å². The maximum Gasteiger partial charge on any atom is 0.212 e. The van der Waals surface area contributed by atoms with E-state index in [0.29, 0.717) is 31.5 Å². The summed E-state index contributed by atoms with van der Waals surface area (Å²) in [6, 6.07) is 12.8. The fraction of sp³-hybridized carbons (Fsp3) is 0.368. The summed E-state index contributed by atoms with van der Waals surface area (Å²) >= 11 is 0. The lowest BCUT2D eigenvalue weighted by atomic mass is 9.86. The molecule has 0 radical (unpaired) electrons. The second kappa shape index (κ2) is 8.24. The third-order valence-electron chi connectivity index (χ3n) is 4.69. The molecule has 0 bridgehead atoms. The standard InChI is InChI=1S/C19H22F2N2O2S/c20-17-7-6-15(12-18(17)21)16-8-10-22-13-19(16)23-26(24,25)11-9-14-4-2-1-3-5-14/h1-7,12,16,19,22-23H,8-11,13H2. The molecule has 140 valence electrons. The van der Waals surface area contributed by atoms with E-state index in [-0.39, 0.29) is 11.7 Å². The number of aryl methyl sites for hydroxylation is 1.